The minimum absolute atomic E-state index is 0.222. The van der Waals surface area contributed by atoms with Crippen molar-refractivity contribution in [2.75, 3.05) is 26.4 Å². The number of ether oxygens (including phenoxy) is 1. The maximum atomic E-state index is 11.7. The van der Waals surface area contributed by atoms with Crippen molar-refractivity contribution in [2.45, 2.75) is 19.4 Å². The van der Waals surface area contributed by atoms with Crippen LogP contribution in [0, 0.1) is 5.92 Å². The second-order valence-corrected chi connectivity index (χ2v) is 3.07. The molecule has 1 aliphatic rings. The fourth-order valence-corrected chi connectivity index (χ4v) is 1.38. The van der Waals surface area contributed by atoms with E-state index in [1.165, 1.54) is 0 Å². The number of rotatable bonds is 3. The van der Waals surface area contributed by atoms with Crippen LogP contribution in [-0.4, -0.2) is 32.5 Å². The Balaban J connectivity index is 2.18. The molecule has 2 nitrogen and oxygen atoms in total. The number of hydrogen-bond donors (Lipinski definition) is 1. The van der Waals surface area contributed by atoms with Gasteiger partial charge in [-0.1, -0.05) is 6.92 Å². The highest BCUT2D eigenvalue weighted by Gasteiger charge is 2.20. The highest BCUT2D eigenvalue weighted by Crippen LogP contribution is 2.14. The summed E-state index contributed by atoms with van der Waals surface area (Å²) in [6, 6.07) is 0. The van der Waals surface area contributed by atoms with Gasteiger partial charge in [-0.2, -0.15) is 0 Å². The predicted molar refractivity (Wildman–Crippen MR) is 42.4 cm³/mol. The first-order valence-corrected chi connectivity index (χ1v) is 4.23. The molecule has 0 aromatic carbocycles. The van der Waals surface area contributed by atoms with Crippen LogP contribution < -0.4 is 5.32 Å². The van der Waals surface area contributed by atoms with E-state index >= 15 is 0 Å². The lowest BCUT2D eigenvalue weighted by Gasteiger charge is -2.29. The van der Waals surface area contributed by atoms with Gasteiger partial charge in [0, 0.05) is 6.54 Å². The molecule has 0 saturated carbocycles. The van der Waals surface area contributed by atoms with E-state index < -0.39 is 0 Å². The summed E-state index contributed by atoms with van der Waals surface area (Å²) < 4.78 is 17.0. The first kappa shape index (κ1) is 8.94. The third-order valence-corrected chi connectivity index (χ3v) is 2.17. The molecule has 0 amide bonds. The second kappa shape index (κ2) is 4.67. The number of halogens is 1. The van der Waals surface area contributed by atoms with Gasteiger partial charge in [-0.05, 0) is 18.9 Å². The zero-order valence-electron chi connectivity index (χ0n) is 6.98. The van der Waals surface area contributed by atoms with E-state index in [2.05, 4.69) is 12.2 Å². The van der Waals surface area contributed by atoms with Crippen molar-refractivity contribution in [3.8, 4) is 0 Å². The van der Waals surface area contributed by atoms with Crippen LogP contribution in [0.3, 0.4) is 0 Å². The van der Waals surface area contributed by atoms with Crippen molar-refractivity contribution in [2.24, 2.45) is 5.92 Å². The summed E-state index contributed by atoms with van der Waals surface area (Å²) in [7, 11) is 0. The number of alkyl halides is 1. The van der Waals surface area contributed by atoms with Gasteiger partial charge in [0.1, 0.15) is 6.67 Å². The Bertz CT molecular complexity index is 110. The molecule has 1 saturated heterocycles. The molecule has 0 radical (unpaired) electrons. The Morgan fingerprint density at radius 2 is 2.45 bits per heavy atom. The van der Waals surface area contributed by atoms with Gasteiger partial charge in [-0.15, -0.1) is 0 Å². The van der Waals surface area contributed by atoms with Crippen molar-refractivity contribution < 1.29 is 9.13 Å². The van der Waals surface area contributed by atoms with E-state index in [9.17, 15) is 4.39 Å². The van der Waals surface area contributed by atoms with Crippen molar-refractivity contribution in [3.63, 3.8) is 0 Å². The molecule has 1 heterocycles. The van der Waals surface area contributed by atoms with Crippen LogP contribution in [0.4, 0.5) is 4.39 Å². The molecular weight excluding hydrogens is 145 g/mol. The van der Waals surface area contributed by atoms with E-state index in [1.807, 2.05) is 0 Å². The molecule has 0 bridgehead atoms. The fraction of sp³-hybridized carbons (Fsp3) is 1.00. The van der Waals surface area contributed by atoms with E-state index in [0.717, 1.165) is 19.5 Å². The summed E-state index contributed by atoms with van der Waals surface area (Å²) >= 11 is 0. The molecule has 0 spiro atoms. The maximum absolute atomic E-state index is 11.7. The standard InChI is InChI=1S/C8H16FNO/c1-7-2-4-10-6-8(7)11-5-3-9/h7-8,10H,2-6H2,1H3. The van der Waals surface area contributed by atoms with Crippen LogP contribution in [0.2, 0.25) is 0 Å². The molecule has 1 aliphatic heterocycles. The zero-order chi connectivity index (χ0) is 8.10. The quantitative estimate of drug-likeness (QED) is 0.666. The van der Waals surface area contributed by atoms with Gasteiger partial charge in [-0.3, -0.25) is 0 Å². The van der Waals surface area contributed by atoms with Crippen molar-refractivity contribution in [1.29, 1.82) is 0 Å². The normalized spacial score (nSPS) is 32.2. The van der Waals surface area contributed by atoms with Crippen molar-refractivity contribution in [1.82, 2.24) is 5.32 Å². The first-order chi connectivity index (χ1) is 5.34. The van der Waals surface area contributed by atoms with Crippen LogP contribution in [0.25, 0.3) is 0 Å². The summed E-state index contributed by atoms with van der Waals surface area (Å²) in [6.07, 6.45) is 1.36. The number of nitrogens with one attached hydrogen (secondary N) is 1. The Labute approximate surface area is 67.1 Å². The van der Waals surface area contributed by atoms with Gasteiger partial charge in [0.05, 0.1) is 12.7 Å². The molecule has 1 fully saturated rings. The molecule has 1 N–H and O–H groups in total. The van der Waals surface area contributed by atoms with Crippen molar-refractivity contribution >= 4 is 0 Å². The summed E-state index contributed by atoms with van der Waals surface area (Å²) in [4.78, 5) is 0. The summed E-state index contributed by atoms with van der Waals surface area (Å²) in [5.74, 6) is 0.572. The van der Waals surface area contributed by atoms with Crippen LogP contribution in [-0.2, 0) is 4.74 Å². The molecular formula is C8H16FNO. The third kappa shape index (κ3) is 2.75. The average molecular weight is 161 g/mol. The summed E-state index contributed by atoms with van der Waals surface area (Å²) in [5, 5.41) is 3.23. The Hall–Kier alpha value is -0.150. The molecule has 0 aliphatic carbocycles. The van der Waals surface area contributed by atoms with Crippen LogP contribution >= 0.6 is 0 Å². The van der Waals surface area contributed by atoms with Crippen LogP contribution in [0.1, 0.15) is 13.3 Å². The van der Waals surface area contributed by atoms with Gasteiger partial charge in [-0.25, -0.2) is 4.39 Å². The average Bonchev–Trinajstić information content (AvgIpc) is 2.03. The summed E-state index contributed by atoms with van der Waals surface area (Å²) in [5.41, 5.74) is 0. The molecule has 1 rings (SSSR count). The minimum Gasteiger partial charge on any atom is -0.374 e. The van der Waals surface area contributed by atoms with Crippen molar-refractivity contribution in [3.05, 3.63) is 0 Å². The van der Waals surface area contributed by atoms with Crippen LogP contribution in [0.5, 0.6) is 0 Å². The van der Waals surface area contributed by atoms with Crippen LogP contribution in [0.15, 0.2) is 0 Å². The fourth-order valence-electron chi connectivity index (χ4n) is 1.38. The highest BCUT2D eigenvalue weighted by atomic mass is 19.1. The largest absolute Gasteiger partial charge is 0.374 e. The van der Waals surface area contributed by atoms with Gasteiger partial charge in [0.15, 0.2) is 0 Å². The molecule has 11 heavy (non-hydrogen) atoms. The molecule has 2 atom stereocenters. The van der Waals surface area contributed by atoms with E-state index in [4.69, 9.17) is 4.74 Å². The lowest BCUT2D eigenvalue weighted by atomic mass is 9.97. The smallest absolute Gasteiger partial charge is 0.113 e. The number of hydrogen-bond acceptors (Lipinski definition) is 2. The Morgan fingerprint density at radius 3 is 3.09 bits per heavy atom. The van der Waals surface area contributed by atoms with Gasteiger partial charge >= 0.3 is 0 Å². The van der Waals surface area contributed by atoms with Gasteiger partial charge in [0.25, 0.3) is 0 Å². The third-order valence-electron chi connectivity index (χ3n) is 2.17. The topological polar surface area (TPSA) is 21.3 Å². The predicted octanol–water partition coefficient (Wildman–Crippen LogP) is 0.970. The number of piperidine rings is 1. The Kier molecular flexibility index (Phi) is 3.80. The minimum atomic E-state index is -0.372. The van der Waals surface area contributed by atoms with Gasteiger partial charge < -0.3 is 10.1 Å². The van der Waals surface area contributed by atoms with E-state index in [-0.39, 0.29) is 19.4 Å². The highest BCUT2D eigenvalue weighted by molar-refractivity contribution is 4.75. The Morgan fingerprint density at radius 1 is 1.64 bits per heavy atom. The lowest BCUT2D eigenvalue weighted by molar-refractivity contribution is -0.00156. The van der Waals surface area contributed by atoms with E-state index in [0.29, 0.717) is 5.92 Å². The monoisotopic (exact) mass is 161 g/mol. The SMILES string of the molecule is CC1CCNCC1OCCF. The summed E-state index contributed by atoms with van der Waals surface area (Å²) in [6.45, 7) is 3.97. The second-order valence-electron chi connectivity index (χ2n) is 3.07. The molecule has 2 unspecified atom stereocenters. The molecule has 3 heteroatoms. The molecule has 66 valence electrons. The maximum Gasteiger partial charge on any atom is 0.113 e. The first-order valence-electron chi connectivity index (χ1n) is 4.23. The zero-order valence-corrected chi connectivity index (χ0v) is 6.98. The lowest BCUT2D eigenvalue weighted by Crippen LogP contribution is -2.41. The van der Waals surface area contributed by atoms with Gasteiger partial charge in [0.2, 0.25) is 0 Å². The molecule has 0 aromatic rings. The van der Waals surface area contributed by atoms with E-state index in [1.54, 1.807) is 0 Å². The molecule has 0 aromatic heterocycles.